The Kier molecular flexibility index (Phi) is 5.35. The third kappa shape index (κ3) is 4.68. The lowest BCUT2D eigenvalue weighted by atomic mass is 10.3. The zero-order valence-corrected chi connectivity index (χ0v) is 10.8. The summed E-state index contributed by atoms with van der Waals surface area (Å²) in [5.74, 6) is 0.275. The van der Waals surface area contributed by atoms with Gasteiger partial charge in [-0.05, 0) is 12.1 Å². The van der Waals surface area contributed by atoms with Gasteiger partial charge in [0, 0.05) is 11.0 Å². The Morgan fingerprint density at radius 2 is 2.19 bits per heavy atom. The molecule has 0 heterocycles. The highest BCUT2D eigenvalue weighted by atomic mass is 79.9. The molecule has 0 fully saturated rings. The highest BCUT2D eigenvalue weighted by molar-refractivity contribution is 9.11. The molecule has 3 nitrogen and oxygen atoms in total. The van der Waals surface area contributed by atoms with Gasteiger partial charge in [-0.25, -0.2) is 0 Å². The monoisotopic (exact) mass is 303 g/mol. The molecule has 1 aromatic carbocycles. The van der Waals surface area contributed by atoms with Gasteiger partial charge in [0.2, 0.25) is 0 Å². The van der Waals surface area contributed by atoms with Gasteiger partial charge in [-0.15, -0.1) is 0 Å². The highest BCUT2D eigenvalue weighted by Crippen LogP contribution is 2.22. The first-order valence-electron chi connectivity index (χ1n) is 4.57. The van der Waals surface area contributed by atoms with Gasteiger partial charge in [-0.2, -0.15) is 0 Å². The largest absolute Gasteiger partial charge is 0.482 e. The first-order chi connectivity index (χ1) is 7.59. The maximum atomic E-state index is 11.3. The quantitative estimate of drug-likeness (QED) is 0.908. The summed E-state index contributed by atoms with van der Waals surface area (Å²) in [7, 11) is 0. The first-order valence-corrected chi connectivity index (χ1v) is 5.74. The second-order valence-electron chi connectivity index (χ2n) is 3.01. The molecule has 0 aliphatic carbocycles. The van der Waals surface area contributed by atoms with E-state index in [2.05, 4.69) is 27.8 Å². The van der Waals surface area contributed by atoms with Crippen LogP contribution in [0.1, 0.15) is 0 Å². The van der Waals surface area contributed by atoms with Crippen molar-refractivity contribution in [3.63, 3.8) is 0 Å². The normalized spacial score (nSPS) is 9.62. The van der Waals surface area contributed by atoms with Crippen molar-refractivity contribution in [2.75, 3.05) is 13.2 Å². The molecule has 0 radical (unpaired) electrons. The van der Waals surface area contributed by atoms with Crippen LogP contribution in [0.2, 0.25) is 5.02 Å². The third-order valence-electron chi connectivity index (χ3n) is 1.67. The molecule has 1 rings (SSSR count). The molecule has 86 valence electrons. The van der Waals surface area contributed by atoms with Gasteiger partial charge < -0.3 is 10.1 Å². The van der Waals surface area contributed by atoms with Crippen LogP contribution >= 0.6 is 27.5 Å². The Hall–Kier alpha value is -1.00. The van der Waals surface area contributed by atoms with Gasteiger partial charge in [-0.3, -0.25) is 4.79 Å². The number of halogens is 2. The lowest BCUT2D eigenvalue weighted by molar-refractivity contribution is -0.122. The molecule has 0 aliphatic heterocycles. The Morgan fingerprint density at radius 3 is 2.81 bits per heavy atom. The van der Waals surface area contributed by atoms with E-state index in [-0.39, 0.29) is 12.5 Å². The van der Waals surface area contributed by atoms with Gasteiger partial charge >= 0.3 is 0 Å². The summed E-state index contributed by atoms with van der Waals surface area (Å²) >= 11 is 9.00. The van der Waals surface area contributed by atoms with Crippen LogP contribution in [0.4, 0.5) is 0 Å². The predicted octanol–water partition coefficient (Wildman–Crippen LogP) is 2.74. The summed E-state index contributed by atoms with van der Waals surface area (Å²) in [6, 6.07) is 7.00. The van der Waals surface area contributed by atoms with E-state index in [1.165, 1.54) is 0 Å². The number of ether oxygens (including phenoxy) is 1. The van der Waals surface area contributed by atoms with Crippen molar-refractivity contribution in [3.05, 3.63) is 40.3 Å². The van der Waals surface area contributed by atoms with Crippen molar-refractivity contribution in [1.29, 1.82) is 0 Å². The van der Waals surface area contributed by atoms with Crippen LogP contribution in [-0.2, 0) is 4.79 Å². The van der Waals surface area contributed by atoms with Crippen LogP contribution in [-0.4, -0.2) is 19.1 Å². The van der Waals surface area contributed by atoms with E-state index in [0.717, 1.165) is 0 Å². The zero-order chi connectivity index (χ0) is 12.0. The molecule has 5 heteroatoms. The van der Waals surface area contributed by atoms with Crippen LogP contribution in [0, 0.1) is 0 Å². The molecule has 0 bridgehead atoms. The number of para-hydroxylation sites is 1. The van der Waals surface area contributed by atoms with Crippen LogP contribution in [0.3, 0.4) is 0 Å². The van der Waals surface area contributed by atoms with Crippen LogP contribution in [0.15, 0.2) is 35.3 Å². The average molecular weight is 305 g/mol. The maximum absolute atomic E-state index is 11.3. The van der Waals surface area contributed by atoms with Crippen molar-refractivity contribution < 1.29 is 9.53 Å². The van der Waals surface area contributed by atoms with E-state index < -0.39 is 0 Å². The molecule has 1 aromatic rings. The SMILES string of the molecule is C=C(Br)CNC(=O)COc1ccccc1Cl. The Morgan fingerprint density at radius 1 is 1.50 bits per heavy atom. The van der Waals surface area contributed by atoms with Crippen molar-refractivity contribution in [3.8, 4) is 5.75 Å². The maximum Gasteiger partial charge on any atom is 0.258 e. The summed E-state index contributed by atoms with van der Waals surface area (Å²) in [6.45, 7) is 3.91. The minimum Gasteiger partial charge on any atom is -0.482 e. The minimum atomic E-state index is -0.222. The Balaban J connectivity index is 2.37. The number of rotatable bonds is 5. The number of carbonyl (C=O) groups excluding carboxylic acids is 1. The number of carbonyl (C=O) groups is 1. The summed E-state index contributed by atoms with van der Waals surface area (Å²) in [4.78, 5) is 11.3. The fraction of sp³-hybridized carbons (Fsp3) is 0.182. The number of amides is 1. The van der Waals surface area contributed by atoms with Crippen LogP contribution < -0.4 is 10.1 Å². The van der Waals surface area contributed by atoms with E-state index in [4.69, 9.17) is 16.3 Å². The fourth-order valence-corrected chi connectivity index (χ4v) is 1.28. The van der Waals surface area contributed by atoms with Crippen molar-refractivity contribution >= 4 is 33.4 Å². The number of hydrogen-bond donors (Lipinski definition) is 1. The standard InChI is InChI=1S/C11H11BrClNO2/c1-8(12)6-14-11(15)7-16-10-5-3-2-4-9(10)13/h2-5H,1,6-7H2,(H,14,15). The average Bonchev–Trinajstić information content (AvgIpc) is 2.25. The van der Waals surface area contributed by atoms with E-state index in [0.29, 0.717) is 21.8 Å². The van der Waals surface area contributed by atoms with Gasteiger partial charge in [-0.1, -0.05) is 46.2 Å². The van der Waals surface area contributed by atoms with E-state index >= 15 is 0 Å². The molecule has 0 atom stereocenters. The van der Waals surface area contributed by atoms with Crippen molar-refractivity contribution in [2.24, 2.45) is 0 Å². The third-order valence-corrected chi connectivity index (χ3v) is 2.27. The summed E-state index contributed by atoms with van der Waals surface area (Å²) in [5.41, 5.74) is 0. The molecule has 0 unspecified atom stereocenters. The summed E-state index contributed by atoms with van der Waals surface area (Å²) < 4.78 is 5.95. The second-order valence-corrected chi connectivity index (χ2v) is 4.54. The van der Waals surface area contributed by atoms with Crippen molar-refractivity contribution in [2.45, 2.75) is 0 Å². The minimum absolute atomic E-state index is 0.0655. The number of hydrogen-bond acceptors (Lipinski definition) is 2. The fourth-order valence-electron chi connectivity index (χ4n) is 0.951. The highest BCUT2D eigenvalue weighted by Gasteiger charge is 2.04. The molecular formula is C11H11BrClNO2. The molecule has 0 aromatic heterocycles. The molecular weight excluding hydrogens is 293 g/mol. The van der Waals surface area contributed by atoms with E-state index in [1.54, 1.807) is 24.3 Å². The number of benzene rings is 1. The molecule has 0 aliphatic rings. The predicted molar refractivity (Wildman–Crippen MR) is 68.0 cm³/mol. The van der Waals surface area contributed by atoms with Crippen LogP contribution in [0.25, 0.3) is 0 Å². The van der Waals surface area contributed by atoms with Crippen LogP contribution in [0.5, 0.6) is 5.75 Å². The van der Waals surface area contributed by atoms with Gasteiger partial charge in [0.25, 0.3) is 5.91 Å². The topological polar surface area (TPSA) is 38.3 Å². The Labute approximate surface area is 108 Å². The van der Waals surface area contributed by atoms with E-state index in [9.17, 15) is 4.79 Å². The number of nitrogens with one attached hydrogen (secondary N) is 1. The summed E-state index contributed by atoms with van der Waals surface area (Å²) in [5, 5.41) is 3.10. The van der Waals surface area contributed by atoms with Crippen molar-refractivity contribution in [1.82, 2.24) is 5.32 Å². The van der Waals surface area contributed by atoms with Gasteiger partial charge in [0.15, 0.2) is 6.61 Å². The molecule has 0 saturated carbocycles. The molecule has 0 saturated heterocycles. The molecule has 1 amide bonds. The van der Waals surface area contributed by atoms with Gasteiger partial charge in [0.05, 0.1) is 5.02 Å². The molecule has 16 heavy (non-hydrogen) atoms. The Bertz CT molecular complexity index is 395. The van der Waals surface area contributed by atoms with Gasteiger partial charge in [0.1, 0.15) is 5.75 Å². The zero-order valence-electron chi connectivity index (χ0n) is 8.50. The first kappa shape index (κ1) is 13.1. The molecule has 1 N–H and O–H groups in total. The smallest absolute Gasteiger partial charge is 0.258 e. The molecule has 0 spiro atoms. The van der Waals surface area contributed by atoms with E-state index in [1.807, 2.05) is 0 Å². The second kappa shape index (κ2) is 6.55. The lowest BCUT2D eigenvalue weighted by Gasteiger charge is -2.07. The summed E-state index contributed by atoms with van der Waals surface area (Å²) in [6.07, 6.45) is 0. The lowest BCUT2D eigenvalue weighted by Crippen LogP contribution is -2.29.